The maximum absolute atomic E-state index is 12.2. The molecule has 2 nitrogen and oxygen atoms in total. The van der Waals surface area contributed by atoms with Crippen LogP contribution in [0.15, 0.2) is 30.3 Å². The van der Waals surface area contributed by atoms with Gasteiger partial charge in [0.15, 0.2) is 0 Å². The van der Waals surface area contributed by atoms with Crippen LogP contribution in [0.2, 0.25) is 0 Å². The lowest BCUT2D eigenvalue weighted by molar-refractivity contribution is 0.548. The number of nitrogens with one attached hydrogen (secondary N) is 1. The van der Waals surface area contributed by atoms with Crippen molar-refractivity contribution in [2.75, 3.05) is 0 Å². The third-order valence-electron chi connectivity index (χ3n) is 2.85. The smallest absolute Gasteiger partial charge is 0.0975 e. The molecule has 0 aliphatic rings. The van der Waals surface area contributed by atoms with Gasteiger partial charge in [-0.3, -0.25) is 0 Å². The van der Waals surface area contributed by atoms with Crippen molar-refractivity contribution in [2.24, 2.45) is 0 Å². The number of unbranched alkanes of at least 4 members (excludes halogenated alkanes) is 1. The molecule has 1 aromatic carbocycles. The van der Waals surface area contributed by atoms with E-state index in [4.69, 9.17) is 0 Å². The molecule has 0 unspecified atom stereocenters. The van der Waals surface area contributed by atoms with Crippen molar-refractivity contribution in [3.63, 3.8) is 0 Å². The van der Waals surface area contributed by atoms with E-state index in [0.29, 0.717) is 0 Å². The maximum Gasteiger partial charge on any atom is 0.0975 e. The van der Waals surface area contributed by atoms with E-state index in [1.54, 1.807) is 0 Å². The summed E-state index contributed by atoms with van der Waals surface area (Å²) < 4.78 is 15.3. The van der Waals surface area contributed by atoms with E-state index in [1.807, 2.05) is 39.0 Å². The van der Waals surface area contributed by atoms with Crippen molar-refractivity contribution in [1.82, 2.24) is 4.72 Å². The van der Waals surface area contributed by atoms with Crippen LogP contribution >= 0.6 is 0 Å². The van der Waals surface area contributed by atoms with Gasteiger partial charge in [-0.25, -0.2) is 8.93 Å². The zero-order valence-corrected chi connectivity index (χ0v) is 12.7. The second-order valence-corrected chi connectivity index (χ2v) is 7.60. The first-order valence-corrected chi connectivity index (χ1v) is 7.83. The molecule has 0 saturated heterocycles. The molecule has 18 heavy (non-hydrogen) atoms. The molecular weight excluding hydrogens is 242 g/mol. The topological polar surface area (TPSA) is 29.1 Å². The fourth-order valence-corrected chi connectivity index (χ4v) is 2.56. The van der Waals surface area contributed by atoms with Crippen LogP contribution in [0.25, 0.3) is 0 Å². The highest BCUT2D eigenvalue weighted by atomic mass is 32.2. The first-order chi connectivity index (χ1) is 8.45. The molecule has 0 bridgehead atoms. The lowest BCUT2D eigenvalue weighted by Crippen LogP contribution is -2.35. The average Bonchev–Trinajstić information content (AvgIpc) is 2.34. The second kappa shape index (κ2) is 7.05. The molecule has 2 atom stereocenters. The molecule has 3 heteroatoms. The number of hydrogen-bond donors (Lipinski definition) is 1. The Labute approximate surface area is 114 Å². The van der Waals surface area contributed by atoms with Gasteiger partial charge in [0, 0.05) is 6.04 Å². The van der Waals surface area contributed by atoms with Crippen molar-refractivity contribution >= 4 is 11.0 Å². The maximum atomic E-state index is 12.2. The van der Waals surface area contributed by atoms with Crippen molar-refractivity contribution in [3.05, 3.63) is 35.9 Å². The molecule has 0 aromatic heterocycles. The standard InChI is InChI=1S/C15H25NOS/c1-5-6-12-14(13-10-8-7-9-11-13)16-18(17)15(2,3)4/h7-11,14,16H,5-6,12H2,1-4H3/t14-,18+/m0/s1. The summed E-state index contributed by atoms with van der Waals surface area (Å²) in [5.41, 5.74) is 1.23. The minimum Gasteiger partial charge on any atom is -0.242 e. The fraction of sp³-hybridized carbons (Fsp3) is 0.600. The van der Waals surface area contributed by atoms with Gasteiger partial charge in [0.25, 0.3) is 0 Å². The average molecular weight is 267 g/mol. The first kappa shape index (κ1) is 15.4. The molecule has 1 N–H and O–H groups in total. The van der Waals surface area contributed by atoms with Gasteiger partial charge in [0.05, 0.1) is 15.7 Å². The quantitative estimate of drug-likeness (QED) is 0.830. The molecular formula is C15H25NOS. The Hall–Kier alpha value is -0.670. The zero-order chi connectivity index (χ0) is 13.6. The summed E-state index contributed by atoms with van der Waals surface area (Å²) >= 11 is 0. The van der Waals surface area contributed by atoms with Gasteiger partial charge in [0.1, 0.15) is 0 Å². The second-order valence-electron chi connectivity index (χ2n) is 5.60. The van der Waals surface area contributed by atoms with E-state index in [-0.39, 0.29) is 10.8 Å². The van der Waals surface area contributed by atoms with E-state index in [0.717, 1.165) is 19.3 Å². The highest BCUT2D eigenvalue weighted by molar-refractivity contribution is 7.84. The minimum atomic E-state index is -1.02. The van der Waals surface area contributed by atoms with E-state index in [9.17, 15) is 4.21 Å². The molecule has 0 radical (unpaired) electrons. The summed E-state index contributed by atoms with van der Waals surface area (Å²) in [5, 5.41) is 0. The highest BCUT2D eigenvalue weighted by Crippen LogP contribution is 2.22. The predicted octanol–water partition coefficient (Wildman–Crippen LogP) is 3.97. The van der Waals surface area contributed by atoms with Crippen molar-refractivity contribution < 1.29 is 4.21 Å². The molecule has 0 heterocycles. The summed E-state index contributed by atoms with van der Waals surface area (Å²) in [6.45, 7) is 8.18. The zero-order valence-electron chi connectivity index (χ0n) is 11.9. The molecule has 0 spiro atoms. The van der Waals surface area contributed by atoms with Gasteiger partial charge in [-0.05, 0) is 32.8 Å². The van der Waals surface area contributed by atoms with Crippen LogP contribution in [-0.2, 0) is 11.0 Å². The van der Waals surface area contributed by atoms with Crippen LogP contribution in [-0.4, -0.2) is 8.96 Å². The van der Waals surface area contributed by atoms with Crippen LogP contribution in [0.4, 0.5) is 0 Å². The van der Waals surface area contributed by atoms with Crippen LogP contribution in [0.5, 0.6) is 0 Å². The van der Waals surface area contributed by atoms with Gasteiger partial charge >= 0.3 is 0 Å². The van der Waals surface area contributed by atoms with Gasteiger partial charge in [0.2, 0.25) is 0 Å². The highest BCUT2D eigenvalue weighted by Gasteiger charge is 2.23. The predicted molar refractivity (Wildman–Crippen MR) is 79.7 cm³/mol. The van der Waals surface area contributed by atoms with Gasteiger partial charge in [-0.15, -0.1) is 0 Å². The van der Waals surface area contributed by atoms with E-state index in [1.165, 1.54) is 5.56 Å². The molecule has 1 aromatic rings. The Morgan fingerprint density at radius 2 is 1.83 bits per heavy atom. The molecule has 1 rings (SSSR count). The van der Waals surface area contributed by atoms with E-state index >= 15 is 0 Å². The summed E-state index contributed by atoms with van der Waals surface area (Å²) in [4.78, 5) is 0. The monoisotopic (exact) mass is 267 g/mol. The summed E-state index contributed by atoms with van der Waals surface area (Å²) in [6.07, 6.45) is 3.34. The Morgan fingerprint density at radius 3 is 2.33 bits per heavy atom. The first-order valence-electron chi connectivity index (χ1n) is 6.68. The number of rotatable bonds is 6. The fourth-order valence-electron chi connectivity index (χ4n) is 1.69. The lowest BCUT2D eigenvalue weighted by atomic mass is 10.0. The molecule has 102 valence electrons. The molecule has 0 aliphatic heterocycles. The Kier molecular flexibility index (Phi) is 6.03. The SMILES string of the molecule is CCCC[C@H](N[S@](=O)C(C)(C)C)c1ccccc1. The molecule has 0 fully saturated rings. The van der Waals surface area contributed by atoms with Crippen molar-refractivity contribution in [2.45, 2.75) is 57.7 Å². The van der Waals surface area contributed by atoms with Crippen LogP contribution < -0.4 is 4.72 Å². The van der Waals surface area contributed by atoms with Gasteiger partial charge in [-0.2, -0.15) is 0 Å². The normalized spacial score (nSPS) is 15.3. The minimum absolute atomic E-state index is 0.186. The summed E-state index contributed by atoms with van der Waals surface area (Å²) in [7, 11) is -1.02. The largest absolute Gasteiger partial charge is 0.242 e. The van der Waals surface area contributed by atoms with E-state index < -0.39 is 11.0 Å². The van der Waals surface area contributed by atoms with Gasteiger partial charge in [-0.1, -0.05) is 50.1 Å². The number of benzene rings is 1. The van der Waals surface area contributed by atoms with Crippen molar-refractivity contribution in [3.8, 4) is 0 Å². The van der Waals surface area contributed by atoms with Crippen molar-refractivity contribution in [1.29, 1.82) is 0 Å². The molecule has 0 aliphatic carbocycles. The summed E-state index contributed by atoms with van der Waals surface area (Å²) in [5.74, 6) is 0. The Bertz CT molecular complexity index is 370. The Morgan fingerprint density at radius 1 is 1.22 bits per heavy atom. The third-order valence-corrected chi connectivity index (χ3v) is 4.46. The van der Waals surface area contributed by atoms with Crippen LogP contribution in [0.3, 0.4) is 0 Å². The lowest BCUT2D eigenvalue weighted by Gasteiger charge is -2.24. The van der Waals surface area contributed by atoms with Crippen LogP contribution in [0.1, 0.15) is 58.6 Å². The number of hydrogen-bond acceptors (Lipinski definition) is 1. The molecule has 0 amide bonds. The molecule has 0 saturated carbocycles. The van der Waals surface area contributed by atoms with Crippen LogP contribution in [0, 0.1) is 0 Å². The van der Waals surface area contributed by atoms with Gasteiger partial charge < -0.3 is 0 Å². The third kappa shape index (κ3) is 4.91. The Balaban J connectivity index is 2.77. The van der Waals surface area contributed by atoms with E-state index in [2.05, 4.69) is 23.8 Å². The summed E-state index contributed by atoms with van der Waals surface area (Å²) in [6, 6.07) is 10.5.